The minimum absolute atomic E-state index is 0.296. The molecule has 20 heavy (non-hydrogen) atoms. The molecule has 0 bridgehead atoms. The summed E-state index contributed by atoms with van der Waals surface area (Å²) in [6.07, 6.45) is 0. The molecule has 1 N–H and O–H groups in total. The molecule has 1 aliphatic heterocycles. The standard InChI is InChI=1S/C16H18N2O2/c1-10-8-18(9-11(10)2)15-13(16(19)20)7-12-5-3-4-6-14(12)17-15/h3-7,10-11H,8-9H2,1-2H3,(H,19,20). The fourth-order valence-electron chi connectivity index (χ4n) is 2.81. The SMILES string of the molecule is CC1CN(c2nc3ccccc3cc2C(=O)O)CC1C. The van der Waals surface area contributed by atoms with E-state index in [1.165, 1.54) is 0 Å². The highest BCUT2D eigenvalue weighted by Gasteiger charge is 2.29. The van der Waals surface area contributed by atoms with Gasteiger partial charge in [-0.1, -0.05) is 32.0 Å². The Morgan fingerprint density at radius 2 is 1.90 bits per heavy atom. The van der Waals surface area contributed by atoms with Crippen LogP contribution in [0.15, 0.2) is 30.3 Å². The zero-order chi connectivity index (χ0) is 14.3. The highest BCUT2D eigenvalue weighted by molar-refractivity contribution is 5.98. The number of aromatic carboxylic acids is 1. The number of nitrogens with zero attached hydrogens (tertiary/aromatic N) is 2. The van der Waals surface area contributed by atoms with Crippen LogP contribution in [0.5, 0.6) is 0 Å². The maximum Gasteiger partial charge on any atom is 0.339 e. The highest BCUT2D eigenvalue weighted by Crippen LogP contribution is 2.30. The highest BCUT2D eigenvalue weighted by atomic mass is 16.4. The first-order chi connectivity index (χ1) is 9.56. The van der Waals surface area contributed by atoms with Gasteiger partial charge >= 0.3 is 5.97 Å². The Morgan fingerprint density at radius 3 is 2.55 bits per heavy atom. The van der Waals surface area contributed by atoms with Gasteiger partial charge in [0.25, 0.3) is 0 Å². The molecule has 4 nitrogen and oxygen atoms in total. The Balaban J connectivity index is 2.13. The molecule has 0 spiro atoms. The zero-order valence-electron chi connectivity index (χ0n) is 11.7. The Hall–Kier alpha value is -2.10. The Kier molecular flexibility index (Phi) is 3.08. The number of fused-ring (bicyclic) bond motifs is 1. The lowest BCUT2D eigenvalue weighted by atomic mass is 10.0. The molecule has 1 saturated heterocycles. The third-order valence-corrected chi connectivity index (χ3v) is 4.22. The summed E-state index contributed by atoms with van der Waals surface area (Å²) in [6, 6.07) is 9.37. The molecule has 0 saturated carbocycles. The first kappa shape index (κ1) is 12.9. The lowest BCUT2D eigenvalue weighted by Gasteiger charge is -2.20. The third-order valence-electron chi connectivity index (χ3n) is 4.22. The Morgan fingerprint density at radius 1 is 1.25 bits per heavy atom. The molecule has 2 atom stereocenters. The minimum Gasteiger partial charge on any atom is -0.478 e. The summed E-state index contributed by atoms with van der Waals surface area (Å²) in [5.41, 5.74) is 1.14. The molecule has 104 valence electrons. The maximum absolute atomic E-state index is 11.5. The quantitative estimate of drug-likeness (QED) is 0.911. The summed E-state index contributed by atoms with van der Waals surface area (Å²) in [5.74, 6) is 0.813. The van der Waals surface area contributed by atoms with Crippen LogP contribution in [0.2, 0.25) is 0 Å². The van der Waals surface area contributed by atoms with E-state index in [1.54, 1.807) is 6.07 Å². The van der Waals surface area contributed by atoms with Crippen LogP contribution in [0, 0.1) is 11.8 Å². The number of anilines is 1. The maximum atomic E-state index is 11.5. The number of hydrogen-bond donors (Lipinski definition) is 1. The van der Waals surface area contributed by atoms with E-state index in [0.717, 1.165) is 24.0 Å². The van der Waals surface area contributed by atoms with Gasteiger partial charge in [-0.25, -0.2) is 9.78 Å². The van der Waals surface area contributed by atoms with Crippen LogP contribution in [0.4, 0.5) is 5.82 Å². The van der Waals surface area contributed by atoms with Gasteiger partial charge in [-0.2, -0.15) is 0 Å². The van der Waals surface area contributed by atoms with Gasteiger partial charge in [0.2, 0.25) is 0 Å². The number of benzene rings is 1. The molecule has 2 unspecified atom stereocenters. The van der Waals surface area contributed by atoms with E-state index in [0.29, 0.717) is 23.2 Å². The van der Waals surface area contributed by atoms with Crippen molar-refractivity contribution >= 4 is 22.7 Å². The molecular formula is C16H18N2O2. The molecule has 1 aromatic carbocycles. The number of rotatable bonds is 2. The second kappa shape index (κ2) is 4.78. The van der Waals surface area contributed by atoms with Crippen molar-refractivity contribution in [2.24, 2.45) is 11.8 Å². The van der Waals surface area contributed by atoms with Crippen LogP contribution < -0.4 is 4.90 Å². The number of carbonyl (C=O) groups is 1. The van der Waals surface area contributed by atoms with Gasteiger partial charge in [-0.15, -0.1) is 0 Å². The van der Waals surface area contributed by atoms with Crippen LogP contribution in [-0.2, 0) is 0 Å². The Bertz CT molecular complexity index is 659. The molecule has 1 aromatic heterocycles. The fourth-order valence-corrected chi connectivity index (χ4v) is 2.81. The van der Waals surface area contributed by atoms with E-state index < -0.39 is 5.97 Å². The van der Waals surface area contributed by atoms with Crippen molar-refractivity contribution in [3.63, 3.8) is 0 Å². The number of carboxylic acid groups (broad SMARTS) is 1. The van der Waals surface area contributed by atoms with E-state index in [1.807, 2.05) is 24.3 Å². The molecule has 0 radical (unpaired) electrons. The number of para-hydroxylation sites is 1. The van der Waals surface area contributed by atoms with Crippen LogP contribution in [-0.4, -0.2) is 29.1 Å². The first-order valence-corrected chi connectivity index (χ1v) is 6.94. The summed E-state index contributed by atoms with van der Waals surface area (Å²) in [7, 11) is 0. The summed E-state index contributed by atoms with van der Waals surface area (Å²) >= 11 is 0. The average Bonchev–Trinajstić information content (AvgIpc) is 2.77. The van der Waals surface area contributed by atoms with E-state index in [-0.39, 0.29) is 0 Å². The van der Waals surface area contributed by atoms with Crippen LogP contribution >= 0.6 is 0 Å². The number of hydrogen-bond acceptors (Lipinski definition) is 3. The third kappa shape index (κ3) is 2.11. The summed E-state index contributed by atoms with van der Waals surface area (Å²) < 4.78 is 0. The predicted molar refractivity (Wildman–Crippen MR) is 79.2 cm³/mol. The van der Waals surface area contributed by atoms with Gasteiger partial charge in [0.05, 0.1) is 5.52 Å². The van der Waals surface area contributed by atoms with Gasteiger partial charge < -0.3 is 10.0 Å². The van der Waals surface area contributed by atoms with Gasteiger partial charge in [-0.05, 0) is 24.0 Å². The molecule has 0 aliphatic carbocycles. The van der Waals surface area contributed by atoms with E-state index in [9.17, 15) is 9.90 Å². The fraction of sp³-hybridized carbons (Fsp3) is 0.375. The van der Waals surface area contributed by atoms with Crippen LogP contribution in [0.25, 0.3) is 10.9 Å². The van der Waals surface area contributed by atoms with Gasteiger partial charge in [0, 0.05) is 18.5 Å². The number of pyridine rings is 1. The van der Waals surface area contributed by atoms with Crippen LogP contribution in [0.1, 0.15) is 24.2 Å². The lowest BCUT2D eigenvalue weighted by Crippen LogP contribution is -2.23. The lowest BCUT2D eigenvalue weighted by molar-refractivity contribution is 0.0697. The summed E-state index contributed by atoms with van der Waals surface area (Å²) in [5, 5.41) is 10.3. The monoisotopic (exact) mass is 270 g/mol. The van der Waals surface area contributed by atoms with Crippen molar-refractivity contribution in [2.45, 2.75) is 13.8 Å². The van der Waals surface area contributed by atoms with E-state index in [2.05, 4.69) is 23.7 Å². The Labute approximate surface area is 118 Å². The molecule has 3 rings (SSSR count). The largest absolute Gasteiger partial charge is 0.478 e. The van der Waals surface area contributed by atoms with Crippen molar-refractivity contribution in [3.05, 3.63) is 35.9 Å². The van der Waals surface area contributed by atoms with Crippen molar-refractivity contribution in [1.29, 1.82) is 0 Å². The zero-order valence-corrected chi connectivity index (χ0v) is 11.7. The topological polar surface area (TPSA) is 53.4 Å². The second-order valence-electron chi connectivity index (χ2n) is 5.72. The number of aromatic nitrogens is 1. The molecule has 2 aromatic rings. The van der Waals surface area contributed by atoms with Gasteiger partial charge in [-0.3, -0.25) is 0 Å². The average molecular weight is 270 g/mol. The van der Waals surface area contributed by atoms with E-state index >= 15 is 0 Å². The minimum atomic E-state index is -0.912. The smallest absolute Gasteiger partial charge is 0.339 e. The van der Waals surface area contributed by atoms with E-state index in [4.69, 9.17) is 0 Å². The second-order valence-corrected chi connectivity index (χ2v) is 5.72. The normalized spacial score (nSPS) is 22.4. The van der Waals surface area contributed by atoms with Gasteiger partial charge in [0.15, 0.2) is 0 Å². The van der Waals surface area contributed by atoms with Crippen molar-refractivity contribution in [1.82, 2.24) is 4.98 Å². The summed E-state index contributed by atoms with van der Waals surface area (Å²) in [4.78, 5) is 18.2. The van der Waals surface area contributed by atoms with Crippen molar-refractivity contribution in [3.8, 4) is 0 Å². The summed E-state index contributed by atoms with van der Waals surface area (Å²) in [6.45, 7) is 6.14. The van der Waals surface area contributed by atoms with Gasteiger partial charge in [0.1, 0.15) is 11.4 Å². The van der Waals surface area contributed by atoms with Crippen LogP contribution in [0.3, 0.4) is 0 Å². The molecule has 2 heterocycles. The molecule has 1 fully saturated rings. The molecule has 0 amide bonds. The van der Waals surface area contributed by atoms with Crippen molar-refractivity contribution in [2.75, 3.05) is 18.0 Å². The van der Waals surface area contributed by atoms with Crippen molar-refractivity contribution < 1.29 is 9.90 Å². The number of carboxylic acids is 1. The molecular weight excluding hydrogens is 252 g/mol. The molecule has 1 aliphatic rings. The first-order valence-electron chi connectivity index (χ1n) is 6.94. The predicted octanol–water partition coefficient (Wildman–Crippen LogP) is 3.03. The molecule has 4 heteroatoms.